The van der Waals surface area contributed by atoms with Gasteiger partial charge >= 0.3 is 5.97 Å². The number of hydrogen-bond acceptors (Lipinski definition) is 3. The van der Waals surface area contributed by atoms with E-state index < -0.39 is 5.97 Å². The van der Waals surface area contributed by atoms with Gasteiger partial charge in [0.05, 0.1) is 6.04 Å². The molecule has 1 heterocycles. The molecule has 0 aliphatic carbocycles. The molecule has 1 aromatic carbocycles. The average Bonchev–Trinajstić information content (AvgIpc) is 2.81. The highest BCUT2D eigenvalue weighted by Crippen LogP contribution is 2.23. The summed E-state index contributed by atoms with van der Waals surface area (Å²) in [5, 5.41) is 8.64. The van der Waals surface area contributed by atoms with Gasteiger partial charge in [-0.25, -0.2) is 0 Å². The number of aliphatic carboxylic acids is 1. The van der Waals surface area contributed by atoms with E-state index in [2.05, 4.69) is 0 Å². The summed E-state index contributed by atoms with van der Waals surface area (Å²) in [5.74, 6) is -0.684. The topological polar surface area (TPSA) is 60.9 Å². The number of carbonyl (C=O) groups excluding carboxylic acids is 1. The second-order valence-corrected chi connectivity index (χ2v) is 5.11. The van der Waals surface area contributed by atoms with E-state index >= 15 is 0 Å². The van der Waals surface area contributed by atoms with Crippen LogP contribution in [-0.2, 0) is 9.59 Å². The van der Waals surface area contributed by atoms with E-state index in [-0.39, 0.29) is 18.4 Å². The molecule has 1 aliphatic heterocycles. The Morgan fingerprint density at radius 3 is 2.75 bits per heavy atom. The molecule has 0 spiro atoms. The fraction of sp³-hybridized carbons (Fsp3) is 0.467. The van der Waals surface area contributed by atoms with E-state index in [1.54, 1.807) is 4.90 Å². The molecule has 108 valence electrons. The van der Waals surface area contributed by atoms with Crippen LogP contribution >= 0.6 is 0 Å². The minimum atomic E-state index is -0.790. The van der Waals surface area contributed by atoms with Crippen LogP contribution in [0.1, 0.15) is 19.3 Å². The number of benzene rings is 1. The summed E-state index contributed by atoms with van der Waals surface area (Å²) in [6.07, 6.45) is 1.51. The predicted octanol–water partition coefficient (Wildman–Crippen LogP) is 1.59. The molecule has 1 N–H and O–H groups in total. The molecule has 0 radical (unpaired) electrons. The number of nitrogens with zero attached hydrogens (tertiary/aromatic N) is 2. The van der Waals surface area contributed by atoms with Crippen molar-refractivity contribution < 1.29 is 14.7 Å². The molecule has 5 nitrogen and oxygen atoms in total. The van der Waals surface area contributed by atoms with E-state index in [0.29, 0.717) is 13.0 Å². The second-order valence-electron chi connectivity index (χ2n) is 5.11. The maximum absolute atomic E-state index is 12.4. The molecule has 0 saturated carbocycles. The van der Waals surface area contributed by atoms with Crippen molar-refractivity contribution in [2.75, 3.05) is 25.0 Å². The summed E-state index contributed by atoms with van der Waals surface area (Å²) in [6.45, 7) is 1.35. The molecule has 2 rings (SSSR count). The molecule has 1 unspecified atom stereocenters. The normalized spacial score (nSPS) is 18.8. The van der Waals surface area contributed by atoms with Crippen molar-refractivity contribution in [3.05, 3.63) is 30.3 Å². The zero-order valence-corrected chi connectivity index (χ0v) is 11.7. The van der Waals surface area contributed by atoms with Crippen LogP contribution in [0.4, 0.5) is 5.69 Å². The number of hydrogen-bond donors (Lipinski definition) is 1. The molecule has 1 aliphatic rings. The lowest BCUT2D eigenvalue weighted by Crippen LogP contribution is -2.40. The lowest BCUT2D eigenvalue weighted by atomic mass is 10.2. The van der Waals surface area contributed by atoms with E-state index in [9.17, 15) is 9.59 Å². The standard InChI is InChI=1S/C15H20N2O3/c1-16(10-5-8-14(18)19)13-9-11-17(15(13)20)12-6-3-2-4-7-12/h2-4,6-7,13H,5,8-11H2,1H3,(H,18,19). The molecule has 0 aromatic heterocycles. The van der Waals surface area contributed by atoms with Crippen molar-refractivity contribution in [2.45, 2.75) is 25.3 Å². The molecular weight excluding hydrogens is 256 g/mol. The molecule has 1 atom stereocenters. The maximum atomic E-state index is 12.4. The zero-order valence-electron chi connectivity index (χ0n) is 11.7. The van der Waals surface area contributed by atoms with Gasteiger partial charge in [-0.1, -0.05) is 18.2 Å². The summed E-state index contributed by atoms with van der Waals surface area (Å²) in [7, 11) is 1.89. The van der Waals surface area contributed by atoms with Crippen molar-refractivity contribution in [2.24, 2.45) is 0 Å². The summed E-state index contributed by atoms with van der Waals surface area (Å²) in [6, 6.07) is 9.51. The van der Waals surface area contributed by atoms with Crippen LogP contribution in [0.15, 0.2) is 30.3 Å². The molecule has 0 bridgehead atoms. The van der Waals surface area contributed by atoms with Gasteiger partial charge < -0.3 is 10.0 Å². The SMILES string of the molecule is CN(CCCC(=O)O)C1CCN(c2ccccc2)C1=O. The Morgan fingerprint density at radius 1 is 1.40 bits per heavy atom. The van der Waals surface area contributed by atoms with Crippen LogP contribution in [0.25, 0.3) is 0 Å². The van der Waals surface area contributed by atoms with E-state index in [1.165, 1.54) is 0 Å². The van der Waals surface area contributed by atoms with Crippen LogP contribution < -0.4 is 4.90 Å². The number of rotatable bonds is 6. The highest BCUT2D eigenvalue weighted by molar-refractivity contribution is 5.99. The van der Waals surface area contributed by atoms with Gasteiger partial charge in [0.15, 0.2) is 0 Å². The van der Waals surface area contributed by atoms with Gasteiger partial charge in [0, 0.05) is 18.7 Å². The fourth-order valence-electron chi connectivity index (χ4n) is 2.57. The van der Waals surface area contributed by atoms with Crippen molar-refractivity contribution in [3.63, 3.8) is 0 Å². The number of anilines is 1. The third kappa shape index (κ3) is 3.36. The van der Waals surface area contributed by atoms with Crippen LogP contribution in [0.2, 0.25) is 0 Å². The lowest BCUT2D eigenvalue weighted by Gasteiger charge is -2.23. The van der Waals surface area contributed by atoms with Crippen LogP contribution in [0, 0.1) is 0 Å². The minimum absolute atomic E-state index is 0.106. The Balaban J connectivity index is 1.92. The van der Waals surface area contributed by atoms with E-state index in [1.807, 2.05) is 42.3 Å². The molecule has 5 heteroatoms. The van der Waals surface area contributed by atoms with Crippen molar-refractivity contribution in [1.82, 2.24) is 4.90 Å². The Hall–Kier alpha value is -1.88. The maximum Gasteiger partial charge on any atom is 0.303 e. The second kappa shape index (κ2) is 6.52. The molecule has 1 aromatic rings. The van der Waals surface area contributed by atoms with Gasteiger partial charge in [-0.15, -0.1) is 0 Å². The van der Waals surface area contributed by atoms with E-state index in [0.717, 1.165) is 18.7 Å². The quantitative estimate of drug-likeness (QED) is 0.857. The molecule has 20 heavy (non-hydrogen) atoms. The summed E-state index contributed by atoms with van der Waals surface area (Å²) < 4.78 is 0. The number of carbonyl (C=O) groups is 2. The Kier molecular flexibility index (Phi) is 4.74. The zero-order chi connectivity index (χ0) is 14.5. The first-order valence-corrected chi connectivity index (χ1v) is 6.88. The van der Waals surface area contributed by atoms with Gasteiger partial charge in [0.25, 0.3) is 0 Å². The summed E-state index contributed by atoms with van der Waals surface area (Å²) in [5.41, 5.74) is 0.930. The summed E-state index contributed by atoms with van der Waals surface area (Å²) >= 11 is 0. The van der Waals surface area contributed by atoms with Gasteiger partial charge in [0.1, 0.15) is 0 Å². The van der Waals surface area contributed by atoms with Crippen molar-refractivity contribution in [3.8, 4) is 0 Å². The first kappa shape index (κ1) is 14.5. The fourth-order valence-corrected chi connectivity index (χ4v) is 2.57. The Bertz CT molecular complexity index is 475. The largest absolute Gasteiger partial charge is 0.481 e. The Morgan fingerprint density at radius 2 is 2.10 bits per heavy atom. The van der Waals surface area contributed by atoms with Gasteiger partial charge in [-0.3, -0.25) is 14.5 Å². The van der Waals surface area contributed by atoms with Crippen LogP contribution in [0.5, 0.6) is 0 Å². The average molecular weight is 276 g/mol. The van der Waals surface area contributed by atoms with Crippen LogP contribution in [-0.4, -0.2) is 48.1 Å². The third-order valence-electron chi connectivity index (χ3n) is 3.68. The number of carboxylic acids is 1. The first-order chi connectivity index (χ1) is 9.59. The van der Waals surface area contributed by atoms with Crippen molar-refractivity contribution in [1.29, 1.82) is 0 Å². The number of carboxylic acid groups (broad SMARTS) is 1. The van der Waals surface area contributed by atoms with Crippen molar-refractivity contribution >= 4 is 17.6 Å². The first-order valence-electron chi connectivity index (χ1n) is 6.88. The predicted molar refractivity (Wildman–Crippen MR) is 76.7 cm³/mol. The van der Waals surface area contributed by atoms with Crippen LogP contribution in [0.3, 0.4) is 0 Å². The number of likely N-dealkylation sites (N-methyl/N-ethyl adjacent to an activating group) is 1. The summed E-state index contributed by atoms with van der Waals surface area (Å²) in [4.78, 5) is 26.7. The Labute approximate surface area is 118 Å². The van der Waals surface area contributed by atoms with Gasteiger partial charge in [-0.2, -0.15) is 0 Å². The lowest BCUT2D eigenvalue weighted by molar-refractivity contribution is -0.137. The number of amides is 1. The molecular formula is C15H20N2O3. The minimum Gasteiger partial charge on any atom is -0.481 e. The molecule has 1 amide bonds. The highest BCUT2D eigenvalue weighted by Gasteiger charge is 2.34. The van der Waals surface area contributed by atoms with Gasteiger partial charge in [-0.05, 0) is 38.6 Å². The number of para-hydroxylation sites is 1. The smallest absolute Gasteiger partial charge is 0.303 e. The highest BCUT2D eigenvalue weighted by atomic mass is 16.4. The molecule has 1 saturated heterocycles. The van der Waals surface area contributed by atoms with Gasteiger partial charge in [0.2, 0.25) is 5.91 Å². The third-order valence-corrected chi connectivity index (χ3v) is 3.68. The monoisotopic (exact) mass is 276 g/mol. The van der Waals surface area contributed by atoms with E-state index in [4.69, 9.17) is 5.11 Å². The molecule has 1 fully saturated rings.